The van der Waals surface area contributed by atoms with Crippen LogP contribution in [0, 0.1) is 5.92 Å². The molecule has 0 N–H and O–H groups in total. The number of aliphatic imine (C=N–C) groups is 1. The number of carbonyl (C=O) groups excluding carboxylic acids is 2. The average molecular weight is 446 g/mol. The molecule has 172 valence electrons. The molecule has 0 amide bonds. The van der Waals surface area contributed by atoms with Crippen LogP contribution in [-0.2, 0) is 14.3 Å². The molecule has 2 aromatic rings. The summed E-state index contributed by atoms with van der Waals surface area (Å²) in [6.45, 7) is 6.51. The smallest absolute Gasteiger partial charge is 0.336 e. The predicted molar refractivity (Wildman–Crippen MR) is 129 cm³/mol. The molecule has 1 heterocycles. The molecule has 0 bridgehead atoms. The Morgan fingerprint density at radius 1 is 1.00 bits per heavy atom. The first-order valence-corrected chi connectivity index (χ1v) is 11.8. The Balaban J connectivity index is 1.81. The second-order valence-electron chi connectivity index (χ2n) is 8.65. The molecule has 1 aliphatic heterocycles. The zero-order valence-electron chi connectivity index (χ0n) is 19.5. The maximum absolute atomic E-state index is 13.7. The topological polar surface area (TPSA) is 65.0 Å². The van der Waals surface area contributed by atoms with E-state index >= 15 is 0 Å². The fourth-order valence-electron chi connectivity index (χ4n) is 5.03. The van der Waals surface area contributed by atoms with Gasteiger partial charge in [0.1, 0.15) is 11.5 Å². The highest BCUT2D eigenvalue weighted by Crippen LogP contribution is 2.48. The second-order valence-corrected chi connectivity index (χ2v) is 8.65. The van der Waals surface area contributed by atoms with E-state index in [0.29, 0.717) is 36.5 Å². The number of benzene rings is 2. The molecule has 2 aromatic carbocycles. The Hall–Kier alpha value is -3.21. The predicted octanol–water partition coefficient (Wildman–Crippen LogP) is 5.61. The van der Waals surface area contributed by atoms with E-state index in [9.17, 15) is 9.59 Å². The number of para-hydroxylation sites is 1. The fraction of sp³-hybridized carbons (Fsp3) is 0.393. The summed E-state index contributed by atoms with van der Waals surface area (Å²) in [6.07, 6.45) is 1.99. The zero-order chi connectivity index (χ0) is 23.4. The molecule has 0 aromatic heterocycles. The van der Waals surface area contributed by atoms with Crippen LogP contribution in [0.5, 0.6) is 5.75 Å². The van der Waals surface area contributed by atoms with Gasteiger partial charge in [0, 0.05) is 29.3 Å². The molecular formula is C28H31NO4. The van der Waals surface area contributed by atoms with Crippen LogP contribution < -0.4 is 4.74 Å². The Kier molecular flexibility index (Phi) is 7.07. The molecule has 0 spiro atoms. The minimum atomic E-state index is -0.487. The molecule has 33 heavy (non-hydrogen) atoms. The van der Waals surface area contributed by atoms with Crippen molar-refractivity contribution in [3.8, 4) is 5.75 Å². The molecule has 3 atom stereocenters. The maximum Gasteiger partial charge on any atom is 0.336 e. The van der Waals surface area contributed by atoms with E-state index in [1.54, 1.807) is 6.92 Å². The number of hydrogen-bond acceptors (Lipinski definition) is 5. The molecular weight excluding hydrogens is 414 g/mol. The first-order valence-electron chi connectivity index (χ1n) is 11.8. The highest BCUT2D eigenvalue weighted by Gasteiger charge is 2.46. The van der Waals surface area contributed by atoms with Gasteiger partial charge >= 0.3 is 5.97 Å². The third kappa shape index (κ3) is 4.63. The molecule has 4 rings (SSSR count). The summed E-state index contributed by atoms with van der Waals surface area (Å²) in [7, 11) is 0. The van der Waals surface area contributed by atoms with E-state index < -0.39 is 17.8 Å². The van der Waals surface area contributed by atoms with Gasteiger partial charge in [-0.15, -0.1) is 0 Å². The van der Waals surface area contributed by atoms with E-state index in [2.05, 4.69) is 19.1 Å². The highest BCUT2D eigenvalue weighted by atomic mass is 16.5. The number of fused-ring (bicyclic) bond motifs is 1. The maximum atomic E-state index is 13.7. The van der Waals surface area contributed by atoms with Gasteiger partial charge in [0.15, 0.2) is 0 Å². The molecule has 1 unspecified atom stereocenters. The summed E-state index contributed by atoms with van der Waals surface area (Å²) in [4.78, 5) is 31.6. The summed E-state index contributed by atoms with van der Waals surface area (Å²) in [6, 6.07) is 17.8. The van der Waals surface area contributed by atoms with Crippen molar-refractivity contribution in [3.63, 3.8) is 0 Å². The summed E-state index contributed by atoms with van der Waals surface area (Å²) in [5.41, 5.74) is 3.92. The van der Waals surface area contributed by atoms with Gasteiger partial charge in [-0.05, 0) is 44.2 Å². The molecule has 1 saturated carbocycles. The summed E-state index contributed by atoms with van der Waals surface area (Å²) >= 11 is 0. The number of allylic oxidation sites excluding steroid dienone is 1. The molecule has 1 fully saturated rings. The van der Waals surface area contributed by atoms with Crippen molar-refractivity contribution in [2.75, 3.05) is 13.2 Å². The van der Waals surface area contributed by atoms with Gasteiger partial charge in [-0.2, -0.15) is 0 Å². The van der Waals surface area contributed by atoms with Crippen molar-refractivity contribution in [3.05, 3.63) is 77.0 Å². The Labute approximate surface area is 195 Å². The lowest BCUT2D eigenvalue weighted by Crippen LogP contribution is -2.41. The number of hydrogen-bond donors (Lipinski definition) is 0. The SMILES string of the molecule is CCCOc1ccccc1[C@@H]1C(C(=O)OCC)=C(C)N=C2C[C@H](c3ccccc3)CC(=O)C21. The van der Waals surface area contributed by atoms with E-state index in [1.807, 2.05) is 49.4 Å². The number of Topliss-reactive ketones (excluding diaryl/α,β-unsaturated/α-hetero) is 1. The zero-order valence-corrected chi connectivity index (χ0v) is 19.5. The number of carbonyl (C=O) groups is 2. The third-order valence-electron chi connectivity index (χ3n) is 6.44. The van der Waals surface area contributed by atoms with Crippen LogP contribution in [0.3, 0.4) is 0 Å². The second kappa shape index (κ2) is 10.2. The van der Waals surface area contributed by atoms with E-state index in [1.165, 1.54) is 0 Å². The molecule has 2 aliphatic rings. The van der Waals surface area contributed by atoms with Crippen molar-refractivity contribution in [1.29, 1.82) is 0 Å². The number of nitrogens with zero attached hydrogens (tertiary/aromatic N) is 1. The van der Waals surface area contributed by atoms with Gasteiger partial charge in [-0.25, -0.2) is 4.79 Å². The molecule has 1 aliphatic carbocycles. The molecule has 5 heteroatoms. The lowest BCUT2D eigenvalue weighted by Gasteiger charge is -2.38. The van der Waals surface area contributed by atoms with Crippen molar-refractivity contribution in [2.24, 2.45) is 10.9 Å². The molecule has 0 radical (unpaired) electrons. The minimum absolute atomic E-state index is 0.0953. The van der Waals surface area contributed by atoms with Crippen molar-refractivity contribution >= 4 is 17.5 Å². The minimum Gasteiger partial charge on any atom is -0.493 e. The number of esters is 1. The Bertz CT molecular complexity index is 1090. The Morgan fingerprint density at radius 2 is 1.73 bits per heavy atom. The largest absolute Gasteiger partial charge is 0.493 e. The number of ketones is 1. The number of rotatable bonds is 7. The molecule has 0 saturated heterocycles. The van der Waals surface area contributed by atoms with E-state index in [0.717, 1.165) is 23.3 Å². The Morgan fingerprint density at radius 3 is 2.45 bits per heavy atom. The highest BCUT2D eigenvalue weighted by molar-refractivity contribution is 6.12. The van der Waals surface area contributed by atoms with Crippen LogP contribution in [0.25, 0.3) is 0 Å². The lowest BCUT2D eigenvalue weighted by molar-refractivity contribution is -0.139. The van der Waals surface area contributed by atoms with Crippen molar-refractivity contribution in [1.82, 2.24) is 0 Å². The lowest BCUT2D eigenvalue weighted by atomic mass is 9.66. The summed E-state index contributed by atoms with van der Waals surface area (Å²) in [5.74, 6) is -0.450. The summed E-state index contributed by atoms with van der Waals surface area (Å²) in [5, 5.41) is 0. The van der Waals surface area contributed by atoms with Crippen LogP contribution in [0.1, 0.15) is 63.0 Å². The van der Waals surface area contributed by atoms with Gasteiger partial charge in [0.25, 0.3) is 0 Å². The van der Waals surface area contributed by atoms with E-state index in [4.69, 9.17) is 14.5 Å². The van der Waals surface area contributed by atoms with Crippen LogP contribution in [0.2, 0.25) is 0 Å². The van der Waals surface area contributed by atoms with Crippen LogP contribution >= 0.6 is 0 Å². The third-order valence-corrected chi connectivity index (χ3v) is 6.44. The summed E-state index contributed by atoms with van der Waals surface area (Å²) < 4.78 is 11.5. The quantitative estimate of drug-likeness (QED) is 0.519. The van der Waals surface area contributed by atoms with Crippen molar-refractivity contribution < 1.29 is 19.1 Å². The normalized spacial score (nSPS) is 22.5. The average Bonchev–Trinajstić information content (AvgIpc) is 2.82. The van der Waals surface area contributed by atoms with Gasteiger partial charge in [-0.1, -0.05) is 55.5 Å². The fourth-order valence-corrected chi connectivity index (χ4v) is 5.03. The van der Waals surface area contributed by atoms with Crippen molar-refractivity contribution in [2.45, 2.75) is 51.9 Å². The van der Waals surface area contributed by atoms with E-state index in [-0.39, 0.29) is 18.3 Å². The van der Waals surface area contributed by atoms with Gasteiger partial charge < -0.3 is 9.47 Å². The number of ether oxygens (including phenoxy) is 2. The standard InChI is InChI=1S/C28H31NO4/c1-4-15-33-24-14-10-9-13-21(24)26-25(28(31)32-5-2)18(3)29-22-16-20(17-23(30)27(22)26)19-11-7-6-8-12-19/h6-14,20,26-27H,4-5,15-17H2,1-3H3/t20-,26+,27?/m0/s1. The first kappa shape index (κ1) is 23.0. The van der Waals surface area contributed by atoms with Crippen LogP contribution in [-0.4, -0.2) is 30.7 Å². The van der Waals surface area contributed by atoms with Crippen LogP contribution in [0.4, 0.5) is 0 Å². The monoisotopic (exact) mass is 445 g/mol. The van der Waals surface area contributed by atoms with Gasteiger partial charge in [-0.3, -0.25) is 9.79 Å². The van der Waals surface area contributed by atoms with Gasteiger partial charge in [0.2, 0.25) is 0 Å². The van der Waals surface area contributed by atoms with Crippen LogP contribution in [0.15, 0.2) is 70.9 Å². The molecule has 5 nitrogen and oxygen atoms in total. The first-order chi connectivity index (χ1) is 16.0. The van der Waals surface area contributed by atoms with Gasteiger partial charge in [0.05, 0.1) is 24.7 Å².